The zero-order valence-electron chi connectivity index (χ0n) is 20.3. The van der Waals surface area contributed by atoms with Crippen molar-refractivity contribution in [3.63, 3.8) is 0 Å². The number of aromatic nitrogens is 3. The lowest BCUT2D eigenvalue weighted by atomic mass is 10.1. The topological polar surface area (TPSA) is 137 Å². The molecule has 4 aromatic rings. The molecular formula is C26H24BrN7O3S. The van der Waals surface area contributed by atoms with E-state index in [1.807, 2.05) is 48.5 Å². The van der Waals surface area contributed by atoms with Crippen LogP contribution in [-0.2, 0) is 11.4 Å². The average Bonchev–Trinajstić information content (AvgIpc) is 3.26. The van der Waals surface area contributed by atoms with E-state index in [1.54, 1.807) is 30.5 Å². The first-order valence-corrected chi connectivity index (χ1v) is 13.2. The number of thioether (sulfide) groups is 1. The molecule has 1 aromatic heterocycles. The third kappa shape index (κ3) is 7.43. The quantitative estimate of drug-likeness (QED) is 0.0747. The number of para-hydroxylation sites is 1. The standard InChI is InChI=1S/C26H24BrN7O3S/c1-17(35)19-9-11-22(12-10-19)30-24(36)16-38-26-33-32-25(34(26)28)31-29-14-20-6-2-3-8-23(20)37-15-18-5-4-7-21(27)13-18/h2-14H,15-16,28H2,1H3,(H,30,36)(H,31,32)/b29-14+. The molecule has 0 unspecified atom stereocenters. The van der Waals surface area contributed by atoms with Gasteiger partial charge in [0.15, 0.2) is 5.78 Å². The summed E-state index contributed by atoms with van der Waals surface area (Å²) >= 11 is 4.59. The fraction of sp³-hybridized carbons (Fsp3) is 0.115. The molecule has 0 aliphatic rings. The first-order chi connectivity index (χ1) is 18.4. The maximum absolute atomic E-state index is 12.3. The van der Waals surface area contributed by atoms with Gasteiger partial charge in [-0.15, -0.1) is 10.2 Å². The Balaban J connectivity index is 1.30. The van der Waals surface area contributed by atoms with Crippen molar-refractivity contribution in [2.24, 2.45) is 5.10 Å². The van der Waals surface area contributed by atoms with Gasteiger partial charge in [0.05, 0.1) is 12.0 Å². The Hall–Kier alpha value is -4.16. The van der Waals surface area contributed by atoms with Crippen molar-refractivity contribution in [1.29, 1.82) is 0 Å². The molecule has 3 aromatic carbocycles. The van der Waals surface area contributed by atoms with Crippen molar-refractivity contribution in [1.82, 2.24) is 14.9 Å². The van der Waals surface area contributed by atoms with Gasteiger partial charge in [0.2, 0.25) is 11.1 Å². The molecule has 194 valence electrons. The summed E-state index contributed by atoms with van der Waals surface area (Å²) in [5, 5.41) is 15.3. The van der Waals surface area contributed by atoms with Crippen LogP contribution in [-0.4, -0.2) is 38.5 Å². The summed E-state index contributed by atoms with van der Waals surface area (Å²) in [5.41, 5.74) is 5.73. The van der Waals surface area contributed by atoms with E-state index in [2.05, 4.69) is 42.0 Å². The highest BCUT2D eigenvalue weighted by molar-refractivity contribution is 9.10. The lowest BCUT2D eigenvalue weighted by Gasteiger charge is -2.09. The maximum Gasteiger partial charge on any atom is 0.264 e. The normalized spacial score (nSPS) is 10.9. The molecule has 0 aliphatic carbocycles. The molecule has 4 N–H and O–H groups in total. The first-order valence-electron chi connectivity index (χ1n) is 11.4. The minimum atomic E-state index is -0.249. The number of rotatable bonds is 11. The molecule has 12 heteroatoms. The number of amides is 1. The summed E-state index contributed by atoms with van der Waals surface area (Å²) in [6.07, 6.45) is 1.60. The number of benzene rings is 3. The average molecular weight is 594 g/mol. The Morgan fingerprint density at radius 1 is 1.11 bits per heavy atom. The minimum absolute atomic E-state index is 0.0383. The number of carbonyl (C=O) groups excluding carboxylic acids is 2. The van der Waals surface area contributed by atoms with Gasteiger partial charge in [-0.05, 0) is 61.0 Å². The van der Waals surface area contributed by atoms with Crippen LogP contribution in [0.4, 0.5) is 11.6 Å². The van der Waals surface area contributed by atoms with Gasteiger partial charge in [0.25, 0.3) is 5.95 Å². The number of hydrazone groups is 1. The van der Waals surface area contributed by atoms with E-state index in [9.17, 15) is 9.59 Å². The van der Waals surface area contributed by atoms with Gasteiger partial charge >= 0.3 is 0 Å². The van der Waals surface area contributed by atoms with E-state index in [4.69, 9.17) is 10.6 Å². The second-order valence-corrected chi connectivity index (χ2v) is 9.83. The Kier molecular flexibility index (Phi) is 9.11. The number of nitrogen functional groups attached to an aromatic ring is 1. The fourth-order valence-corrected chi connectivity index (χ4v) is 4.34. The van der Waals surface area contributed by atoms with Crippen molar-refractivity contribution in [3.8, 4) is 5.75 Å². The molecule has 0 saturated heterocycles. The SMILES string of the molecule is CC(=O)c1ccc(NC(=O)CSc2nnc(N/N=C/c3ccccc3OCc3cccc(Br)c3)n2N)cc1. The van der Waals surface area contributed by atoms with Gasteiger partial charge in [-0.1, -0.05) is 52.0 Å². The van der Waals surface area contributed by atoms with Crippen molar-refractivity contribution >= 4 is 57.2 Å². The summed E-state index contributed by atoms with van der Waals surface area (Å²) in [7, 11) is 0. The van der Waals surface area contributed by atoms with Crippen LogP contribution in [0.2, 0.25) is 0 Å². The van der Waals surface area contributed by atoms with Crippen molar-refractivity contribution in [2.45, 2.75) is 18.7 Å². The van der Waals surface area contributed by atoms with Crippen molar-refractivity contribution in [2.75, 3.05) is 22.3 Å². The van der Waals surface area contributed by atoms with E-state index in [0.717, 1.165) is 27.4 Å². The second kappa shape index (κ2) is 12.9. The van der Waals surface area contributed by atoms with Crippen LogP contribution >= 0.6 is 27.7 Å². The zero-order chi connectivity index (χ0) is 26.9. The van der Waals surface area contributed by atoms with Crippen LogP contribution in [0.15, 0.2) is 87.5 Å². The number of carbonyl (C=O) groups is 2. The second-order valence-electron chi connectivity index (χ2n) is 7.97. The molecule has 1 heterocycles. The largest absolute Gasteiger partial charge is 0.488 e. The Morgan fingerprint density at radius 2 is 1.89 bits per heavy atom. The molecule has 0 bridgehead atoms. The van der Waals surface area contributed by atoms with E-state index >= 15 is 0 Å². The van der Waals surface area contributed by atoms with Crippen LogP contribution in [0.1, 0.15) is 28.4 Å². The highest BCUT2D eigenvalue weighted by Crippen LogP contribution is 2.20. The maximum atomic E-state index is 12.3. The predicted molar refractivity (Wildman–Crippen MR) is 152 cm³/mol. The molecule has 0 aliphatic heterocycles. The van der Waals surface area contributed by atoms with Gasteiger partial charge in [-0.2, -0.15) is 5.10 Å². The molecule has 0 saturated carbocycles. The number of ether oxygens (including phenoxy) is 1. The Morgan fingerprint density at radius 3 is 2.66 bits per heavy atom. The molecule has 0 spiro atoms. The molecule has 0 radical (unpaired) electrons. The van der Waals surface area contributed by atoms with Crippen molar-refractivity contribution in [3.05, 3.63) is 94.0 Å². The molecule has 0 atom stereocenters. The van der Waals surface area contributed by atoms with E-state index in [-0.39, 0.29) is 23.4 Å². The summed E-state index contributed by atoms with van der Waals surface area (Å²) in [4.78, 5) is 23.7. The smallest absolute Gasteiger partial charge is 0.264 e. The molecule has 38 heavy (non-hydrogen) atoms. The monoisotopic (exact) mass is 593 g/mol. The third-order valence-electron chi connectivity index (χ3n) is 5.14. The number of anilines is 2. The summed E-state index contributed by atoms with van der Waals surface area (Å²) in [6.45, 7) is 1.90. The summed E-state index contributed by atoms with van der Waals surface area (Å²) in [6, 6.07) is 22.1. The number of Topliss-reactive ketones (excluding diaryl/α,β-unsaturated/α-hetero) is 1. The van der Waals surface area contributed by atoms with Crippen LogP contribution in [0.3, 0.4) is 0 Å². The van der Waals surface area contributed by atoms with Gasteiger partial charge in [0, 0.05) is 21.3 Å². The lowest BCUT2D eigenvalue weighted by molar-refractivity contribution is -0.113. The third-order valence-corrected chi connectivity index (χ3v) is 6.58. The van der Waals surface area contributed by atoms with Gasteiger partial charge in [-0.25, -0.2) is 10.1 Å². The van der Waals surface area contributed by atoms with Crippen molar-refractivity contribution < 1.29 is 14.3 Å². The van der Waals surface area contributed by atoms with Crippen LogP contribution in [0.5, 0.6) is 5.75 Å². The van der Waals surface area contributed by atoms with Crippen LogP contribution in [0.25, 0.3) is 0 Å². The number of nitrogens with one attached hydrogen (secondary N) is 2. The summed E-state index contributed by atoms with van der Waals surface area (Å²) < 4.78 is 8.17. The van der Waals surface area contributed by atoms with E-state index < -0.39 is 0 Å². The highest BCUT2D eigenvalue weighted by atomic mass is 79.9. The highest BCUT2D eigenvalue weighted by Gasteiger charge is 2.12. The predicted octanol–water partition coefficient (Wildman–Crippen LogP) is 4.71. The number of nitrogens with zero attached hydrogens (tertiary/aromatic N) is 4. The van der Waals surface area contributed by atoms with Gasteiger partial charge in [-0.3, -0.25) is 9.59 Å². The van der Waals surface area contributed by atoms with Crippen LogP contribution < -0.4 is 21.3 Å². The molecule has 0 fully saturated rings. The number of halogens is 1. The first kappa shape index (κ1) is 26.9. The molecule has 4 rings (SSSR count). The van der Waals surface area contributed by atoms with E-state index in [0.29, 0.717) is 28.8 Å². The number of hydrogen-bond donors (Lipinski definition) is 3. The molecule has 1 amide bonds. The summed E-state index contributed by atoms with van der Waals surface area (Å²) in [5.74, 6) is 6.72. The number of hydrogen-bond acceptors (Lipinski definition) is 9. The zero-order valence-corrected chi connectivity index (χ0v) is 22.7. The molecule has 10 nitrogen and oxygen atoms in total. The molecular weight excluding hydrogens is 570 g/mol. The number of ketones is 1. The Labute approximate surface area is 231 Å². The van der Waals surface area contributed by atoms with Gasteiger partial charge < -0.3 is 15.9 Å². The minimum Gasteiger partial charge on any atom is -0.488 e. The lowest BCUT2D eigenvalue weighted by Crippen LogP contribution is -2.17. The fourth-order valence-electron chi connectivity index (χ4n) is 3.23. The van der Waals surface area contributed by atoms with E-state index in [1.165, 1.54) is 11.6 Å². The number of nitrogens with two attached hydrogens (primary N) is 1. The van der Waals surface area contributed by atoms with Gasteiger partial charge in [0.1, 0.15) is 12.4 Å². The Bertz CT molecular complexity index is 1460. The van der Waals surface area contributed by atoms with Crippen LogP contribution in [0, 0.1) is 0 Å².